The molecule has 0 saturated carbocycles. The third kappa shape index (κ3) is 2.77. The third-order valence-electron chi connectivity index (χ3n) is 3.84. The van der Waals surface area contributed by atoms with Gasteiger partial charge in [0.1, 0.15) is 17.9 Å². The van der Waals surface area contributed by atoms with Crippen LogP contribution in [0.5, 0.6) is 5.75 Å². The number of hydrogen-bond donors (Lipinski definition) is 2. The Hall–Kier alpha value is -1.92. The molecule has 2 aromatic rings. The Morgan fingerprint density at radius 1 is 1.43 bits per heavy atom. The van der Waals surface area contributed by atoms with Crippen LogP contribution in [0.15, 0.2) is 24.5 Å². The Labute approximate surface area is 124 Å². The summed E-state index contributed by atoms with van der Waals surface area (Å²) in [5.74, 6) is 7.67. The molecule has 2 heterocycles. The molecular formula is C15H21N5O. The molecule has 21 heavy (non-hydrogen) atoms. The lowest BCUT2D eigenvalue weighted by Crippen LogP contribution is -2.30. The van der Waals surface area contributed by atoms with Gasteiger partial charge < -0.3 is 4.74 Å². The summed E-state index contributed by atoms with van der Waals surface area (Å²) in [4.78, 5) is 4.35. The highest BCUT2D eigenvalue weighted by molar-refractivity contribution is 5.41. The summed E-state index contributed by atoms with van der Waals surface area (Å²) in [7, 11) is 0. The van der Waals surface area contributed by atoms with Crippen LogP contribution in [0.2, 0.25) is 0 Å². The lowest BCUT2D eigenvalue weighted by Gasteiger charge is -2.18. The minimum Gasteiger partial charge on any atom is -0.493 e. The van der Waals surface area contributed by atoms with Gasteiger partial charge in [-0.3, -0.25) is 11.3 Å². The van der Waals surface area contributed by atoms with Gasteiger partial charge >= 0.3 is 0 Å². The van der Waals surface area contributed by atoms with Crippen LogP contribution >= 0.6 is 0 Å². The number of hydrogen-bond acceptors (Lipinski definition) is 5. The number of fused-ring (bicyclic) bond motifs is 1. The van der Waals surface area contributed by atoms with Crippen molar-refractivity contribution in [2.24, 2.45) is 5.84 Å². The fraction of sp³-hybridized carbons (Fsp3) is 0.467. The van der Waals surface area contributed by atoms with Gasteiger partial charge in [-0.1, -0.05) is 12.1 Å². The lowest BCUT2D eigenvalue weighted by atomic mass is 10.0. The molecule has 1 unspecified atom stereocenters. The Kier molecular flexibility index (Phi) is 3.90. The maximum Gasteiger partial charge on any atom is 0.138 e. The molecule has 1 aromatic carbocycles. The van der Waals surface area contributed by atoms with E-state index in [0.717, 1.165) is 30.2 Å². The second-order valence-corrected chi connectivity index (χ2v) is 5.60. The van der Waals surface area contributed by atoms with Gasteiger partial charge in [-0.2, -0.15) is 5.10 Å². The zero-order valence-corrected chi connectivity index (χ0v) is 12.4. The lowest BCUT2D eigenvalue weighted by molar-refractivity contribution is 0.356. The van der Waals surface area contributed by atoms with Crippen LogP contribution < -0.4 is 16.0 Å². The van der Waals surface area contributed by atoms with E-state index in [0.29, 0.717) is 6.42 Å². The van der Waals surface area contributed by atoms with Crippen LogP contribution in [0.1, 0.15) is 42.9 Å². The Morgan fingerprint density at radius 2 is 2.29 bits per heavy atom. The van der Waals surface area contributed by atoms with Crippen molar-refractivity contribution in [2.45, 2.75) is 38.8 Å². The van der Waals surface area contributed by atoms with Crippen LogP contribution in [0.4, 0.5) is 0 Å². The number of benzene rings is 1. The highest BCUT2D eigenvalue weighted by Crippen LogP contribution is 2.29. The van der Waals surface area contributed by atoms with Crippen molar-refractivity contribution in [1.29, 1.82) is 0 Å². The van der Waals surface area contributed by atoms with Gasteiger partial charge in [0, 0.05) is 18.9 Å². The van der Waals surface area contributed by atoms with Crippen LogP contribution in [0.25, 0.3) is 0 Å². The summed E-state index contributed by atoms with van der Waals surface area (Å²) in [5, 5.41) is 4.27. The Morgan fingerprint density at radius 3 is 3.05 bits per heavy atom. The summed E-state index contributed by atoms with van der Waals surface area (Å²) >= 11 is 0. The van der Waals surface area contributed by atoms with Crippen molar-refractivity contribution in [3.05, 3.63) is 41.5 Å². The maximum absolute atomic E-state index is 5.75. The molecule has 0 amide bonds. The van der Waals surface area contributed by atoms with Gasteiger partial charge in [-0.25, -0.2) is 9.67 Å². The number of nitrogens with zero attached hydrogens (tertiary/aromatic N) is 3. The minimum absolute atomic E-state index is 0.0117. The number of nitrogens with one attached hydrogen (secondary N) is 1. The van der Waals surface area contributed by atoms with E-state index in [4.69, 9.17) is 10.6 Å². The summed E-state index contributed by atoms with van der Waals surface area (Å²) in [5.41, 5.74) is 5.29. The van der Waals surface area contributed by atoms with Gasteiger partial charge in [0.15, 0.2) is 0 Å². The third-order valence-corrected chi connectivity index (χ3v) is 3.84. The zero-order valence-electron chi connectivity index (χ0n) is 12.4. The van der Waals surface area contributed by atoms with Crippen molar-refractivity contribution < 1.29 is 4.74 Å². The van der Waals surface area contributed by atoms with Crippen molar-refractivity contribution in [3.63, 3.8) is 0 Å². The predicted octanol–water partition coefficient (Wildman–Crippen LogP) is 1.54. The average molecular weight is 287 g/mol. The molecule has 3 rings (SSSR count). The van der Waals surface area contributed by atoms with Gasteiger partial charge in [-0.15, -0.1) is 0 Å². The van der Waals surface area contributed by atoms with Gasteiger partial charge in [0.25, 0.3) is 0 Å². The zero-order chi connectivity index (χ0) is 14.8. The second kappa shape index (κ2) is 5.83. The molecule has 1 atom stereocenters. The van der Waals surface area contributed by atoms with Crippen molar-refractivity contribution in [1.82, 2.24) is 20.2 Å². The van der Waals surface area contributed by atoms with E-state index in [1.807, 2.05) is 10.7 Å². The van der Waals surface area contributed by atoms with E-state index in [-0.39, 0.29) is 12.1 Å². The standard InChI is InChI=1S/C15H21N5O/c1-10(2)20-15(17-9-18-20)8-13(19-16)11-3-4-14-12(7-11)5-6-21-14/h3-4,7,9-10,13,19H,5-6,8,16H2,1-2H3. The fourth-order valence-corrected chi connectivity index (χ4v) is 2.73. The first-order chi connectivity index (χ1) is 10.2. The molecule has 0 saturated heterocycles. The quantitative estimate of drug-likeness (QED) is 0.644. The molecule has 0 fully saturated rings. The number of ether oxygens (including phenoxy) is 1. The highest BCUT2D eigenvalue weighted by Gasteiger charge is 2.19. The molecule has 3 N–H and O–H groups in total. The second-order valence-electron chi connectivity index (χ2n) is 5.60. The van der Waals surface area contributed by atoms with Crippen LogP contribution in [-0.2, 0) is 12.8 Å². The van der Waals surface area contributed by atoms with Crippen molar-refractivity contribution in [3.8, 4) is 5.75 Å². The Balaban J connectivity index is 1.83. The summed E-state index contributed by atoms with van der Waals surface area (Å²) in [6.45, 7) is 4.95. The van der Waals surface area contributed by atoms with E-state index < -0.39 is 0 Å². The van der Waals surface area contributed by atoms with Crippen molar-refractivity contribution >= 4 is 0 Å². The SMILES string of the molecule is CC(C)n1ncnc1CC(NN)c1ccc2c(c1)CCO2. The molecule has 1 aliphatic heterocycles. The molecule has 0 radical (unpaired) electrons. The topological polar surface area (TPSA) is 78.0 Å². The molecule has 6 heteroatoms. The summed E-state index contributed by atoms with van der Waals surface area (Å²) in [6.07, 6.45) is 3.26. The smallest absolute Gasteiger partial charge is 0.138 e. The fourth-order valence-electron chi connectivity index (χ4n) is 2.73. The first-order valence-corrected chi connectivity index (χ1v) is 7.29. The molecule has 1 aromatic heterocycles. The predicted molar refractivity (Wildman–Crippen MR) is 79.8 cm³/mol. The molecule has 0 aliphatic carbocycles. The van der Waals surface area contributed by atoms with Crippen LogP contribution in [-0.4, -0.2) is 21.4 Å². The number of nitrogens with two attached hydrogens (primary N) is 1. The van der Waals surface area contributed by atoms with Gasteiger partial charge in [-0.05, 0) is 31.0 Å². The van der Waals surface area contributed by atoms with E-state index in [1.165, 1.54) is 5.56 Å². The van der Waals surface area contributed by atoms with E-state index in [9.17, 15) is 0 Å². The number of rotatable bonds is 5. The first-order valence-electron chi connectivity index (χ1n) is 7.29. The van der Waals surface area contributed by atoms with Gasteiger partial charge in [0.2, 0.25) is 0 Å². The molecule has 112 valence electrons. The monoisotopic (exact) mass is 287 g/mol. The molecule has 6 nitrogen and oxygen atoms in total. The highest BCUT2D eigenvalue weighted by atomic mass is 16.5. The van der Waals surface area contributed by atoms with E-state index >= 15 is 0 Å². The molecule has 0 bridgehead atoms. The molecular weight excluding hydrogens is 266 g/mol. The van der Waals surface area contributed by atoms with Crippen molar-refractivity contribution in [2.75, 3.05) is 6.61 Å². The maximum atomic E-state index is 5.75. The summed E-state index contributed by atoms with van der Waals surface area (Å²) < 4.78 is 7.48. The largest absolute Gasteiger partial charge is 0.493 e. The van der Waals surface area contributed by atoms with Gasteiger partial charge in [0.05, 0.1) is 12.6 Å². The molecule has 0 spiro atoms. The average Bonchev–Trinajstić information content (AvgIpc) is 3.12. The number of aromatic nitrogens is 3. The minimum atomic E-state index is 0.0117. The first kappa shape index (κ1) is 14.0. The Bertz CT molecular complexity index is 622. The van der Waals surface area contributed by atoms with Crippen LogP contribution in [0, 0.1) is 0 Å². The van der Waals surface area contributed by atoms with E-state index in [2.05, 4.69) is 41.5 Å². The summed E-state index contributed by atoms with van der Waals surface area (Å²) in [6, 6.07) is 6.55. The number of hydrazine groups is 1. The molecule has 1 aliphatic rings. The van der Waals surface area contributed by atoms with Crippen LogP contribution in [0.3, 0.4) is 0 Å². The normalized spacial score (nSPS) is 15.0. The van der Waals surface area contributed by atoms with E-state index in [1.54, 1.807) is 6.33 Å².